The zero-order valence-electron chi connectivity index (χ0n) is 10.2. The maximum atomic E-state index is 10.3. The van der Waals surface area contributed by atoms with Crippen molar-refractivity contribution in [2.24, 2.45) is 0 Å². The molecule has 0 radical (unpaired) electrons. The van der Waals surface area contributed by atoms with E-state index in [2.05, 4.69) is 4.98 Å². The number of aromatic nitrogens is 2. The van der Waals surface area contributed by atoms with E-state index in [9.17, 15) is 5.11 Å². The number of aliphatic hydroxyl groups excluding tert-OH is 1. The van der Waals surface area contributed by atoms with Gasteiger partial charge in [-0.1, -0.05) is 35.9 Å². The van der Waals surface area contributed by atoms with Gasteiger partial charge in [-0.2, -0.15) is 0 Å². The molecule has 3 nitrogen and oxygen atoms in total. The summed E-state index contributed by atoms with van der Waals surface area (Å²) in [6.45, 7) is 0.459. The van der Waals surface area contributed by atoms with E-state index in [0.717, 1.165) is 16.6 Å². The SMILES string of the molecule is OC(Cn1cnc2ccccc21)c1cccc(Cl)c1. The van der Waals surface area contributed by atoms with Crippen LogP contribution in [0.2, 0.25) is 5.02 Å². The third-order valence-corrected chi connectivity index (χ3v) is 3.37. The lowest BCUT2D eigenvalue weighted by Crippen LogP contribution is -2.07. The van der Waals surface area contributed by atoms with Gasteiger partial charge < -0.3 is 9.67 Å². The third kappa shape index (κ3) is 2.48. The number of benzene rings is 2. The molecular weight excluding hydrogens is 260 g/mol. The van der Waals surface area contributed by atoms with Crippen molar-refractivity contribution in [3.63, 3.8) is 0 Å². The molecule has 3 rings (SSSR count). The molecule has 3 aromatic rings. The first-order valence-corrected chi connectivity index (χ1v) is 6.45. The largest absolute Gasteiger partial charge is 0.387 e. The molecular formula is C15H13ClN2O. The Morgan fingerprint density at radius 2 is 2.00 bits per heavy atom. The average molecular weight is 273 g/mol. The summed E-state index contributed by atoms with van der Waals surface area (Å²) < 4.78 is 1.95. The first-order valence-electron chi connectivity index (χ1n) is 6.07. The Morgan fingerprint density at radius 1 is 1.16 bits per heavy atom. The Bertz CT molecular complexity index is 708. The number of imidazole rings is 1. The van der Waals surface area contributed by atoms with E-state index in [1.165, 1.54) is 0 Å². The van der Waals surface area contributed by atoms with Gasteiger partial charge in [0, 0.05) is 5.02 Å². The zero-order valence-corrected chi connectivity index (χ0v) is 11.0. The molecule has 0 amide bonds. The highest BCUT2D eigenvalue weighted by Crippen LogP contribution is 2.21. The Balaban J connectivity index is 1.89. The van der Waals surface area contributed by atoms with Gasteiger partial charge in [-0.25, -0.2) is 4.98 Å². The highest BCUT2D eigenvalue weighted by Gasteiger charge is 2.10. The molecule has 0 saturated heterocycles. The van der Waals surface area contributed by atoms with Gasteiger partial charge in [0.1, 0.15) is 0 Å². The summed E-state index contributed by atoms with van der Waals surface area (Å²) in [7, 11) is 0. The summed E-state index contributed by atoms with van der Waals surface area (Å²) in [5, 5.41) is 10.9. The molecule has 1 unspecified atom stereocenters. The van der Waals surface area contributed by atoms with Gasteiger partial charge in [-0.15, -0.1) is 0 Å². The fraction of sp³-hybridized carbons (Fsp3) is 0.133. The minimum atomic E-state index is -0.601. The van der Waals surface area contributed by atoms with Gasteiger partial charge in [0.15, 0.2) is 0 Å². The fourth-order valence-electron chi connectivity index (χ4n) is 2.16. The van der Waals surface area contributed by atoms with Crippen LogP contribution in [0.4, 0.5) is 0 Å². The monoisotopic (exact) mass is 272 g/mol. The number of aliphatic hydroxyl groups is 1. The molecule has 0 aliphatic rings. The van der Waals surface area contributed by atoms with Crippen molar-refractivity contribution >= 4 is 22.6 Å². The molecule has 0 aliphatic carbocycles. The van der Waals surface area contributed by atoms with Crippen molar-refractivity contribution in [2.75, 3.05) is 0 Å². The zero-order chi connectivity index (χ0) is 13.2. The van der Waals surface area contributed by atoms with E-state index >= 15 is 0 Å². The topological polar surface area (TPSA) is 38.0 Å². The molecule has 0 spiro atoms. The number of nitrogens with zero attached hydrogens (tertiary/aromatic N) is 2. The number of fused-ring (bicyclic) bond motifs is 1. The predicted octanol–water partition coefficient (Wildman–Crippen LogP) is 3.42. The summed E-state index contributed by atoms with van der Waals surface area (Å²) >= 11 is 5.94. The molecule has 19 heavy (non-hydrogen) atoms. The van der Waals surface area contributed by atoms with E-state index in [1.54, 1.807) is 18.5 Å². The van der Waals surface area contributed by atoms with Crippen molar-refractivity contribution in [1.29, 1.82) is 0 Å². The molecule has 1 N–H and O–H groups in total. The lowest BCUT2D eigenvalue weighted by molar-refractivity contribution is 0.158. The number of hydrogen-bond acceptors (Lipinski definition) is 2. The Labute approximate surface area is 116 Å². The molecule has 0 aliphatic heterocycles. The molecule has 2 aromatic carbocycles. The van der Waals surface area contributed by atoms with Crippen LogP contribution >= 0.6 is 11.6 Å². The van der Waals surface area contributed by atoms with E-state index < -0.39 is 6.10 Å². The Kier molecular flexibility index (Phi) is 3.23. The predicted molar refractivity (Wildman–Crippen MR) is 76.1 cm³/mol. The van der Waals surface area contributed by atoms with Crippen LogP contribution in [0.5, 0.6) is 0 Å². The molecule has 4 heteroatoms. The van der Waals surface area contributed by atoms with Gasteiger partial charge >= 0.3 is 0 Å². The van der Waals surface area contributed by atoms with Crippen LogP contribution in [0.1, 0.15) is 11.7 Å². The van der Waals surface area contributed by atoms with Crippen LogP contribution in [0.3, 0.4) is 0 Å². The maximum absolute atomic E-state index is 10.3. The molecule has 1 atom stereocenters. The molecule has 0 fully saturated rings. The minimum absolute atomic E-state index is 0.459. The van der Waals surface area contributed by atoms with Gasteiger partial charge in [0.25, 0.3) is 0 Å². The number of para-hydroxylation sites is 2. The summed E-state index contributed by atoms with van der Waals surface area (Å²) in [5.74, 6) is 0. The molecule has 0 bridgehead atoms. The highest BCUT2D eigenvalue weighted by atomic mass is 35.5. The lowest BCUT2D eigenvalue weighted by Gasteiger charge is -2.12. The molecule has 1 aromatic heterocycles. The second-order valence-electron chi connectivity index (χ2n) is 4.46. The highest BCUT2D eigenvalue weighted by molar-refractivity contribution is 6.30. The first-order chi connectivity index (χ1) is 9.24. The number of rotatable bonds is 3. The Hall–Kier alpha value is -1.84. The van der Waals surface area contributed by atoms with Crippen LogP contribution in [0.15, 0.2) is 54.9 Å². The summed E-state index contributed by atoms with van der Waals surface area (Å²) in [4.78, 5) is 4.31. The molecule has 1 heterocycles. The maximum Gasteiger partial charge on any atom is 0.0970 e. The summed E-state index contributed by atoms with van der Waals surface area (Å²) in [6.07, 6.45) is 1.15. The van der Waals surface area contributed by atoms with E-state index in [1.807, 2.05) is 41.0 Å². The van der Waals surface area contributed by atoms with Crippen LogP contribution in [0.25, 0.3) is 11.0 Å². The third-order valence-electron chi connectivity index (χ3n) is 3.13. The minimum Gasteiger partial charge on any atom is -0.387 e. The summed E-state index contributed by atoms with van der Waals surface area (Å²) in [5.41, 5.74) is 2.76. The number of halogens is 1. The van der Waals surface area contributed by atoms with Crippen LogP contribution < -0.4 is 0 Å². The van der Waals surface area contributed by atoms with Gasteiger partial charge in [-0.05, 0) is 29.8 Å². The lowest BCUT2D eigenvalue weighted by atomic mass is 10.1. The van der Waals surface area contributed by atoms with Crippen molar-refractivity contribution in [3.8, 4) is 0 Å². The van der Waals surface area contributed by atoms with Crippen LogP contribution in [-0.4, -0.2) is 14.7 Å². The standard InChI is InChI=1S/C15H13ClN2O/c16-12-5-3-4-11(8-12)15(19)9-18-10-17-13-6-1-2-7-14(13)18/h1-8,10,15,19H,9H2. The van der Waals surface area contributed by atoms with E-state index in [-0.39, 0.29) is 0 Å². The van der Waals surface area contributed by atoms with Gasteiger partial charge in [0.2, 0.25) is 0 Å². The van der Waals surface area contributed by atoms with Gasteiger partial charge in [-0.3, -0.25) is 0 Å². The smallest absolute Gasteiger partial charge is 0.0970 e. The van der Waals surface area contributed by atoms with E-state index in [0.29, 0.717) is 11.6 Å². The Morgan fingerprint density at radius 3 is 2.84 bits per heavy atom. The molecule has 96 valence electrons. The molecule has 0 saturated carbocycles. The van der Waals surface area contributed by atoms with Crippen LogP contribution in [-0.2, 0) is 6.54 Å². The quantitative estimate of drug-likeness (QED) is 0.793. The van der Waals surface area contributed by atoms with Crippen molar-refractivity contribution in [3.05, 3.63) is 65.4 Å². The van der Waals surface area contributed by atoms with Crippen molar-refractivity contribution in [2.45, 2.75) is 12.6 Å². The second kappa shape index (κ2) is 5.03. The fourth-order valence-corrected chi connectivity index (χ4v) is 2.36. The summed E-state index contributed by atoms with van der Waals surface area (Å²) in [6, 6.07) is 15.2. The normalized spacial score (nSPS) is 12.7. The van der Waals surface area contributed by atoms with Crippen molar-refractivity contribution < 1.29 is 5.11 Å². The first kappa shape index (κ1) is 12.2. The average Bonchev–Trinajstić information content (AvgIpc) is 2.82. The van der Waals surface area contributed by atoms with Crippen molar-refractivity contribution in [1.82, 2.24) is 9.55 Å². The number of hydrogen-bond donors (Lipinski definition) is 1. The van der Waals surface area contributed by atoms with Gasteiger partial charge in [0.05, 0.1) is 30.0 Å². The van der Waals surface area contributed by atoms with E-state index in [4.69, 9.17) is 11.6 Å². The second-order valence-corrected chi connectivity index (χ2v) is 4.89. The van der Waals surface area contributed by atoms with Crippen LogP contribution in [0, 0.1) is 0 Å².